The van der Waals surface area contributed by atoms with Gasteiger partial charge in [0.15, 0.2) is 0 Å². The molecule has 19 heavy (non-hydrogen) atoms. The second kappa shape index (κ2) is 3.51. The average Bonchev–Trinajstić information content (AvgIpc) is 3.04. The molecule has 0 saturated carbocycles. The highest BCUT2D eigenvalue weighted by Gasteiger charge is 2.60. The highest BCUT2D eigenvalue weighted by atomic mass is 19.1. The smallest absolute Gasteiger partial charge is 0.240 e. The monoisotopic (exact) mass is 259 g/mol. The van der Waals surface area contributed by atoms with Crippen molar-refractivity contribution in [2.75, 3.05) is 4.90 Å². The van der Waals surface area contributed by atoms with Crippen molar-refractivity contribution in [2.24, 2.45) is 11.8 Å². The number of carbonyl (C=O) groups excluding carboxylic acids is 2. The van der Waals surface area contributed by atoms with Gasteiger partial charge in [-0.15, -0.1) is 0 Å². The molecule has 2 saturated heterocycles. The highest BCUT2D eigenvalue weighted by molar-refractivity contribution is 6.23. The molecule has 2 bridgehead atoms. The molecule has 0 N–H and O–H groups in total. The molecule has 4 nitrogen and oxygen atoms in total. The Balaban J connectivity index is 1.77. The maximum Gasteiger partial charge on any atom is 0.240 e. The lowest BCUT2D eigenvalue weighted by atomic mass is 9.85. The minimum Gasteiger partial charge on any atom is -0.365 e. The van der Waals surface area contributed by atoms with Gasteiger partial charge in [0.05, 0.1) is 29.7 Å². The summed E-state index contributed by atoms with van der Waals surface area (Å²) in [6.45, 7) is 0. The van der Waals surface area contributed by atoms with Crippen LogP contribution in [0.1, 0.15) is 0 Å². The van der Waals surface area contributed by atoms with Gasteiger partial charge in [-0.05, 0) is 18.2 Å². The molecule has 0 spiro atoms. The van der Waals surface area contributed by atoms with Crippen molar-refractivity contribution in [1.82, 2.24) is 0 Å². The molecule has 2 fully saturated rings. The van der Waals surface area contributed by atoms with Gasteiger partial charge in [-0.25, -0.2) is 9.29 Å². The summed E-state index contributed by atoms with van der Waals surface area (Å²) in [5.74, 6) is -1.96. The third kappa shape index (κ3) is 1.30. The quantitative estimate of drug-likeness (QED) is 0.563. The van der Waals surface area contributed by atoms with Crippen molar-refractivity contribution in [3.8, 4) is 0 Å². The van der Waals surface area contributed by atoms with Gasteiger partial charge >= 0.3 is 0 Å². The normalized spacial score (nSPS) is 35.3. The van der Waals surface area contributed by atoms with Crippen molar-refractivity contribution in [3.05, 3.63) is 42.2 Å². The number of hydrogen-bond acceptors (Lipinski definition) is 3. The van der Waals surface area contributed by atoms with Crippen LogP contribution in [0, 0.1) is 17.7 Å². The Morgan fingerprint density at radius 1 is 1.05 bits per heavy atom. The lowest BCUT2D eigenvalue weighted by molar-refractivity contribution is -0.124. The van der Waals surface area contributed by atoms with E-state index in [0.29, 0.717) is 5.69 Å². The molecule has 1 aromatic rings. The fraction of sp³-hybridized carbons (Fsp3) is 0.286. The predicted octanol–water partition coefficient (Wildman–Crippen LogP) is 1.27. The molecule has 4 rings (SSSR count). The molecule has 3 heterocycles. The summed E-state index contributed by atoms with van der Waals surface area (Å²) in [5.41, 5.74) is 0.295. The summed E-state index contributed by atoms with van der Waals surface area (Å²) in [7, 11) is 0. The summed E-state index contributed by atoms with van der Waals surface area (Å²) in [4.78, 5) is 25.8. The van der Waals surface area contributed by atoms with Crippen LogP contribution < -0.4 is 4.90 Å². The van der Waals surface area contributed by atoms with E-state index in [1.54, 1.807) is 6.07 Å². The Morgan fingerprint density at radius 3 is 2.26 bits per heavy atom. The molecule has 1 aromatic carbocycles. The zero-order chi connectivity index (χ0) is 13.1. The Bertz CT molecular complexity index is 597. The number of amides is 2. The molecule has 0 aliphatic carbocycles. The third-order valence-electron chi connectivity index (χ3n) is 3.98. The Hall–Kier alpha value is -2.01. The molecule has 4 unspecified atom stereocenters. The summed E-state index contributed by atoms with van der Waals surface area (Å²) in [6.07, 6.45) is 3.02. The van der Waals surface area contributed by atoms with Crippen LogP contribution in [0.25, 0.3) is 0 Å². The van der Waals surface area contributed by atoms with E-state index in [1.165, 1.54) is 18.2 Å². The molecule has 0 radical (unpaired) electrons. The molecular formula is C14H10FNO3. The Morgan fingerprint density at radius 2 is 1.68 bits per heavy atom. The van der Waals surface area contributed by atoms with E-state index in [-0.39, 0.29) is 24.0 Å². The van der Waals surface area contributed by atoms with Crippen LogP contribution in [0.4, 0.5) is 10.1 Å². The maximum atomic E-state index is 13.2. The van der Waals surface area contributed by atoms with E-state index in [9.17, 15) is 14.0 Å². The Labute approximate surface area is 108 Å². The van der Waals surface area contributed by atoms with Crippen LogP contribution in [-0.4, -0.2) is 24.0 Å². The van der Waals surface area contributed by atoms with Gasteiger partial charge in [-0.1, -0.05) is 18.2 Å². The second-order valence-electron chi connectivity index (χ2n) is 4.99. The van der Waals surface area contributed by atoms with Crippen molar-refractivity contribution in [2.45, 2.75) is 12.2 Å². The van der Waals surface area contributed by atoms with Gasteiger partial charge in [0.1, 0.15) is 5.82 Å². The first-order valence-corrected chi connectivity index (χ1v) is 6.14. The lowest BCUT2D eigenvalue weighted by Gasteiger charge is -2.17. The van der Waals surface area contributed by atoms with Crippen molar-refractivity contribution in [1.29, 1.82) is 0 Å². The van der Waals surface area contributed by atoms with E-state index in [2.05, 4.69) is 0 Å². The zero-order valence-electron chi connectivity index (χ0n) is 9.82. The van der Waals surface area contributed by atoms with Crippen LogP contribution in [0.15, 0.2) is 36.4 Å². The summed E-state index contributed by atoms with van der Waals surface area (Å²) < 4.78 is 18.8. The van der Waals surface area contributed by atoms with Gasteiger partial charge in [0.25, 0.3) is 0 Å². The van der Waals surface area contributed by atoms with Crippen LogP contribution in [0.2, 0.25) is 0 Å². The van der Waals surface area contributed by atoms with Gasteiger partial charge in [0.2, 0.25) is 11.8 Å². The number of imide groups is 1. The van der Waals surface area contributed by atoms with Gasteiger partial charge in [0, 0.05) is 0 Å². The van der Waals surface area contributed by atoms with Crippen molar-refractivity contribution in [3.63, 3.8) is 0 Å². The van der Waals surface area contributed by atoms with E-state index in [0.717, 1.165) is 4.90 Å². The van der Waals surface area contributed by atoms with Crippen LogP contribution in [0.5, 0.6) is 0 Å². The van der Waals surface area contributed by atoms with Gasteiger partial charge in [-0.3, -0.25) is 9.59 Å². The van der Waals surface area contributed by atoms with E-state index >= 15 is 0 Å². The summed E-state index contributed by atoms with van der Waals surface area (Å²) >= 11 is 0. The molecule has 4 atom stereocenters. The molecule has 96 valence electrons. The minimum atomic E-state index is -0.465. The first-order valence-electron chi connectivity index (χ1n) is 6.14. The molecule has 3 aliphatic rings. The molecule has 3 aliphatic heterocycles. The molecule has 0 aromatic heterocycles. The predicted molar refractivity (Wildman–Crippen MR) is 63.7 cm³/mol. The van der Waals surface area contributed by atoms with Crippen molar-refractivity contribution >= 4 is 17.5 Å². The van der Waals surface area contributed by atoms with Crippen molar-refractivity contribution < 1.29 is 18.7 Å². The SMILES string of the molecule is O=C1C2C3C=CC(O3)C2C(=O)N1c1cccc(F)c1. The number of nitrogens with zero attached hydrogens (tertiary/aromatic N) is 1. The van der Waals surface area contributed by atoms with E-state index in [1.807, 2.05) is 12.2 Å². The fourth-order valence-electron chi connectivity index (χ4n) is 3.17. The number of carbonyl (C=O) groups is 2. The first-order chi connectivity index (χ1) is 9.16. The number of halogens is 1. The van der Waals surface area contributed by atoms with Gasteiger partial charge in [-0.2, -0.15) is 0 Å². The van der Waals surface area contributed by atoms with Gasteiger partial charge < -0.3 is 4.74 Å². The number of ether oxygens (including phenoxy) is 1. The van der Waals surface area contributed by atoms with E-state index < -0.39 is 17.7 Å². The second-order valence-corrected chi connectivity index (χ2v) is 4.99. The largest absolute Gasteiger partial charge is 0.365 e. The zero-order valence-corrected chi connectivity index (χ0v) is 9.82. The Kier molecular flexibility index (Phi) is 2.01. The number of benzene rings is 1. The fourth-order valence-corrected chi connectivity index (χ4v) is 3.17. The summed E-state index contributed by atoms with van der Waals surface area (Å²) in [6, 6.07) is 5.54. The minimum absolute atomic E-state index is 0.294. The number of rotatable bonds is 1. The topological polar surface area (TPSA) is 46.6 Å². The number of anilines is 1. The highest BCUT2D eigenvalue weighted by Crippen LogP contribution is 2.46. The molecule has 5 heteroatoms. The third-order valence-corrected chi connectivity index (χ3v) is 3.98. The van der Waals surface area contributed by atoms with Crippen LogP contribution >= 0.6 is 0 Å². The maximum absolute atomic E-state index is 13.2. The summed E-state index contributed by atoms with van der Waals surface area (Å²) in [5, 5.41) is 0. The number of hydrogen-bond donors (Lipinski definition) is 0. The molecule has 2 amide bonds. The standard InChI is InChI=1S/C14H10FNO3/c15-7-2-1-3-8(6-7)16-13(17)11-9-4-5-10(19-9)12(11)14(16)18/h1-6,9-12H. The lowest BCUT2D eigenvalue weighted by Crippen LogP contribution is -2.34. The molecular weight excluding hydrogens is 249 g/mol. The van der Waals surface area contributed by atoms with Crippen LogP contribution in [0.3, 0.4) is 0 Å². The first kappa shape index (κ1) is 10.9. The van der Waals surface area contributed by atoms with Crippen LogP contribution in [-0.2, 0) is 14.3 Å². The number of fused-ring (bicyclic) bond motifs is 5. The van der Waals surface area contributed by atoms with E-state index in [4.69, 9.17) is 4.74 Å². The average molecular weight is 259 g/mol.